The molecule has 188 valence electrons. The summed E-state index contributed by atoms with van der Waals surface area (Å²) in [6, 6.07) is 14.0. The largest absolute Gasteiger partial charge is 0.491 e. The van der Waals surface area contributed by atoms with Gasteiger partial charge in [-0.15, -0.1) is 0 Å². The van der Waals surface area contributed by atoms with E-state index in [2.05, 4.69) is 30.9 Å². The van der Waals surface area contributed by atoms with Crippen molar-refractivity contribution in [3.63, 3.8) is 0 Å². The van der Waals surface area contributed by atoms with Crippen LogP contribution in [0, 0.1) is 19.8 Å². The number of rotatable bonds is 8. The van der Waals surface area contributed by atoms with Crippen molar-refractivity contribution in [3.05, 3.63) is 53.6 Å². The molecule has 3 heterocycles. The molecule has 2 aromatic rings. The Labute approximate surface area is 207 Å². The van der Waals surface area contributed by atoms with Crippen LogP contribution in [0.15, 0.2) is 42.5 Å². The van der Waals surface area contributed by atoms with Gasteiger partial charge in [0.25, 0.3) is 0 Å². The molecule has 0 N–H and O–H groups in total. The van der Waals surface area contributed by atoms with Gasteiger partial charge in [-0.25, -0.2) is 4.79 Å². The Kier molecular flexibility index (Phi) is 7.32. The number of cyclic esters (lactones) is 1. The van der Waals surface area contributed by atoms with Gasteiger partial charge in [0.1, 0.15) is 37.7 Å². The fourth-order valence-electron chi connectivity index (χ4n) is 5.33. The first-order chi connectivity index (χ1) is 17.1. The molecule has 0 radical (unpaired) electrons. The molecule has 0 saturated carbocycles. The molecule has 3 aliphatic rings. The van der Waals surface area contributed by atoms with Gasteiger partial charge >= 0.3 is 6.09 Å². The Balaban J connectivity index is 1.05. The van der Waals surface area contributed by atoms with Crippen molar-refractivity contribution < 1.29 is 23.7 Å². The number of carbonyl (C=O) groups excluding carboxylic acids is 1. The number of ether oxygens (including phenoxy) is 4. The number of aryl methyl sites for hydroxylation is 2. The monoisotopic (exact) mass is 480 g/mol. The molecular formula is C28H36N2O5. The standard InChI is InChI=1S/C28H36N2O5/c1-20-6-5-7-21(2)27(20)33-17-23-18-34-28(31)30(23)15-12-22-10-13-29(14-11-22)16-24-19-32-25-8-3-4-9-26(25)35-24/h3-9,22-24H,10-19H2,1-2H3. The van der Waals surface area contributed by atoms with Crippen LogP contribution in [0.4, 0.5) is 4.79 Å². The minimum Gasteiger partial charge on any atom is -0.491 e. The zero-order valence-corrected chi connectivity index (χ0v) is 20.8. The van der Waals surface area contributed by atoms with Crippen molar-refractivity contribution >= 4 is 6.09 Å². The van der Waals surface area contributed by atoms with E-state index in [-0.39, 0.29) is 18.2 Å². The summed E-state index contributed by atoms with van der Waals surface area (Å²) in [5.74, 6) is 3.20. The van der Waals surface area contributed by atoms with Crippen LogP contribution in [0.1, 0.15) is 30.4 Å². The molecule has 7 nitrogen and oxygen atoms in total. The van der Waals surface area contributed by atoms with Crippen LogP contribution in [-0.4, -0.2) is 74.0 Å². The van der Waals surface area contributed by atoms with Crippen LogP contribution in [0.2, 0.25) is 0 Å². The molecule has 0 aliphatic carbocycles. The van der Waals surface area contributed by atoms with Gasteiger partial charge in [0.2, 0.25) is 0 Å². The average Bonchev–Trinajstić information content (AvgIpc) is 3.22. The van der Waals surface area contributed by atoms with E-state index in [9.17, 15) is 4.79 Å². The SMILES string of the molecule is Cc1cccc(C)c1OCC1COC(=O)N1CCC1CCN(CC2COc3ccccc3O2)CC1. The lowest BCUT2D eigenvalue weighted by Gasteiger charge is -2.36. The predicted molar refractivity (Wildman–Crippen MR) is 133 cm³/mol. The summed E-state index contributed by atoms with van der Waals surface area (Å²) in [7, 11) is 0. The number of piperidine rings is 1. The van der Waals surface area contributed by atoms with E-state index in [0.29, 0.717) is 25.7 Å². The summed E-state index contributed by atoms with van der Waals surface area (Å²) < 4.78 is 23.5. The Morgan fingerprint density at radius 2 is 1.69 bits per heavy atom. The lowest BCUT2D eigenvalue weighted by atomic mass is 9.93. The molecule has 0 spiro atoms. The number of para-hydroxylation sites is 3. The smallest absolute Gasteiger partial charge is 0.410 e. The van der Waals surface area contributed by atoms with Crippen LogP contribution < -0.4 is 14.2 Å². The second-order valence-electron chi connectivity index (χ2n) is 9.99. The van der Waals surface area contributed by atoms with Gasteiger partial charge in [-0.2, -0.15) is 0 Å². The maximum absolute atomic E-state index is 12.4. The maximum Gasteiger partial charge on any atom is 0.410 e. The van der Waals surface area contributed by atoms with Gasteiger partial charge < -0.3 is 18.9 Å². The highest BCUT2D eigenvalue weighted by atomic mass is 16.6. The molecule has 2 fully saturated rings. The van der Waals surface area contributed by atoms with Gasteiger partial charge in [-0.3, -0.25) is 9.80 Å². The van der Waals surface area contributed by atoms with Crippen molar-refractivity contribution in [2.45, 2.75) is 45.3 Å². The first kappa shape index (κ1) is 23.8. The first-order valence-corrected chi connectivity index (χ1v) is 12.8. The Bertz CT molecular complexity index is 1000. The number of hydrogen-bond donors (Lipinski definition) is 0. The summed E-state index contributed by atoms with van der Waals surface area (Å²) >= 11 is 0. The van der Waals surface area contributed by atoms with Crippen LogP contribution in [0.5, 0.6) is 17.2 Å². The highest BCUT2D eigenvalue weighted by Crippen LogP contribution is 2.32. The lowest BCUT2D eigenvalue weighted by Crippen LogP contribution is -2.44. The maximum atomic E-state index is 12.4. The van der Waals surface area contributed by atoms with E-state index >= 15 is 0 Å². The molecule has 2 saturated heterocycles. The Morgan fingerprint density at radius 1 is 0.943 bits per heavy atom. The topological polar surface area (TPSA) is 60.5 Å². The van der Waals surface area contributed by atoms with E-state index in [1.165, 1.54) is 0 Å². The summed E-state index contributed by atoms with van der Waals surface area (Å²) in [6.07, 6.45) is 3.12. The zero-order chi connectivity index (χ0) is 24.2. The molecule has 1 amide bonds. The summed E-state index contributed by atoms with van der Waals surface area (Å²) in [5, 5.41) is 0. The van der Waals surface area contributed by atoms with E-state index < -0.39 is 0 Å². The van der Waals surface area contributed by atoms with Gasteiger partial charge in [-0.05, 0) is 75.4 Å². The molecule has 35 heavy (non-hydrogen) atoms. The third-order valence-corrected chi connectivity index (χ3v) is 7.42. The van der Waals surface area contributed by atoms with Crippen molar-refractivity contribution in [3.8, 4) is 17.2 Å². The molecule has 2 unspecified atom stereocenters. The number of nitrogens with zero attached hydrogens (tertiary/aromatic N) is 2. The number of carbonyl (C=O) groups is 1. The summed E-state index contributed by atoms with van der Waals surface area (Å²) in [5.41, 5.74) is 2.23. The first-order valence-electron chi connectivity index (χ1n) is 12.8. The molecule has 7 heteroatoms. The Morgan fingerprint density at radius 3 is 2.46 bits per heavy atom. The quantitative estimate of drug-likeness (QED) is 0.557. The second kappa shape index (κ2) is 10.8. The number of benzene rings is 2. The van der Waals surface area contributed by atoms with E-state index in [0.717, 1.165) is 73.8 Å². The molecule has 0 bridgehead atoms. The highest BCUT2D eigenvalue weighted by molar-refractivity contribution is 5.70. The van der Waals surface area contributed by atoms with Crippen molar-refractivity contribution in [1.82, 2.24) is 9.80 Å². The number of fused-ring (bicyclic) bond motifs is 1. The molecule has 0 aromatic heterocycles. The van der Waals surface area contributed by atoms with Crippen molar-refractivity contribution in [1.29, 1.82) is 0 Å². The van der Waals surface area contributed by atoms with E-state index in [1.807, 2.05) is 35.2 Å². The van der Waals surface area contributed by atoms with Crippen molar-refractivity contribution in [2.24, 2.45) is 5.92 Å². The molecule has 5 rings (SSSR count). The summed E-state index contributed by atoms with van der Waals surface area (Å²) in [6.45, 7) is 9.27. The van der Waals surface area contributed by atoms with E-state index in [1.54, 1.807) is 0 Å². The van der Waals surface area contributed by atoms with Crippen LogP contribution in [0.25, 0.3) is 0 Å². The van der Waals surface area contributed by atoms with E-state index in [4.69, 9.17) is 18.9 Å². The number of likely N-dealkylation sites (tertiary alicyclic amines) is 1. The van der Waals surface area contributed by atoms with Gasteiger partial charge in [0, 0.05) is 13.1 Å². The normalized spacial score (nSPS) is 22.8. The fraction of sp³-hybridized carbons (Fsp3) is 0.536. The summed E-state index contributed by atoms with van der Waals surface area (Å²) in [4.78, 5) is 16.7. The molecular weight excluding hydrogens is 444 g/mol. The molecule has 2 aromatic carbocycles. The van der Waals surface area contributed by atoms with Gasteiger partial charge in [0.15, 0.2) is 11.5 Å². The third-order valence-electron chi connectivity index (χ3n) is 7.42. The number of amides is 1. The Hall–Kier alpha value is -2.93. The van der Waals surface area contributed by atoms with Crippen LogP contribution >= 0.6 is 0 Å². The average molecular weight is 481 g/mol. The highest BCUT2D eigenvalue weighted by Gasteiger charge is 2.34. The lowest BCUT2D eigenvalue weighted by molar-refractivity contribution is 0.0464. The predicted octanol–water partition coefficient (Wildman–Crippen LogP) is 4.45. The van der Waals surface area contributed by atoms with Crippen LogP contribution in [0.3, 0.4) is 0 Å². The third kappa shape index (κ3) is 5.67. The number of hydrogen-bond acceptors (Lipinski definition) is 6. The van der Waals surface area contributed by atoms with Crippen LogP contribution in [-0.2, 0) is 4.74 Å². The zero-order valence-electron chi connectivity index (χ0n) is 20.8. The minimum absolute atomic E-state index is 0.0343. The molecule has 3 aliphatic heterocycles. The van der Waals surface area contributed by atoms with Gasteiger partial charge in [0.05, 0.1) is 0 Å². The fourth-order valence-corrected chi connectivity index (χ4v) is 5.33. The van der Waals surface area contributed by atoms with Crippen molar-refractivity contribution in [2.75, 3.05) is 46.0 Å². The second-order valence-corrected chi connectivity index (χ2v) is 9.99. The molecule has 2 atom stereocenters. The minimum atomic E-state index is -0.215. The van der Waals surface area contributed by atoms with Gasteiger partial charge in [-0.1, -0.05) is 30.3 Å².